The van der Waals surface area contributed by atoms with Gasteiger partial charge in [0.1, 0.15) is 17.1 Å². The number of nitrogens with zero attached hydrogens (tertiary/aromatic N) is 1. The Morgan fingerprint density at radius 1 is 1.06 bits per heavy atom. The smallest absolute Gasteiger partial charge is 0.407 e. The fraction of sp³-hybridized carbons (Fsp3) is 0.217. The second kappa shape index (κ2) is 10.5. The van der Waals surface area contributed by atoms with Crippen molar-refractivity contribution in [3.05, 3.63) is 76.0 Å². The van der Waals surface area contributed by atoms with Crippen LogP contribution >= 0.6 is 15.9 Å². The summed E-state index contributed by atoms with van der Waals surface area (Å²) in [5, 5.41) is 7.72. The van der Waals surface area contributed by atoms with Crippen LogP contribution in [0.25, 0.3) is 0 Å². The molecular formula is C23H23BrFN5O4. The minimum atomic E-state index is -0.719. The number of ether oxygens (including phenoxy) is 1. The quantitative estimate of drug-likeness (QED) is 0.362. The van der Waals surface area contributed by atoms with Crippen LogP contribution in [0.1, 0.15) is 47.3 Å². The highest BCUT2D eigenvalue weighted by atomic mass is 79.9. The number of nitrogens with one attached hydrogen (secondary N) is 4. The molecule has 0 saturated heterocycles. The Morgan fingerprint density at radius 2 is 1.76 bits per heavy atom. The molecule has 11 heteroatoms. The van der Waals surface area contributed by atoms with Gasteiger partial charge in [0.2, 0.25) is 0 Å². The van der Waals surface area contributed by atoms with E-state index in [1.165, 1.54) is 24.5 Å². The molecule has 1 aromatic heterocycles. The molecule has 3 aromatic rings. The lowest BCUT2D eigenvalue weighted by Gasteiger charge is -2.19. The lowest BCUT2D eigenvalue weighted by molar-refractivity contribution is 0.0523. The van der Waals surface area contributed by atoms with Crippen molar-refractivity contribution in [1.29, 1.82) is 0 Å². The predicted octanol–water partition coefficient (Wildman–Crippen LogP) is 4.84. The van der Waals surface area contributed by atoms with Crippen molar-refractivity contribution in [1.82, 2.24) is 15.3 Å². The highest BCUT2D eigenvalue weighted by Gasteiger charge is 2.22. The monoisotopic (exact) mass is 531 g/mol. The number of H-pyrrole nitrogens is 1. The second-order valence-electron chi connectivity index (χ2n) is 8.21. The fourth-order valence-electron chi connectivity index (χ4n) is 2.80. The summed E-state index contributed by atoms with van der Waals surface area (Å²) in [6.45, 7) is 5.57. The van der Waals surface area contributed by atoms with E-state index in [1.54, 1.807) is 45.0 Å². The number of alkyl carbamates (subject to hydrolysis) is 1. The summed E-state index contributed by atoms with van der Waals surface area (Å²) < 4.78 is 19.7. The first-order valence-corrected chi connectivity index (χ1v) is 11.0. The van der Waals surface area contributed by atoms with E-state index in [9.17, 15) is 18.8 Å². The Morgan fingerprint density at radius 3 is 2.44 bits per heavy atom. The largest absolute Gasteiger partial charge is 0.444 e. The number of aromatic amines is 1. The van der Waals surface area contributed by atoms with Crippen molar-refractivity contribution in [2.75, 3.05) is 10.6 Å². The number of benzene rings is 2. The number of imidazole rings is 1. The number of carbonyl (C=O) groups is 3. The van der Waals surface area contributed by atoms with Crippen LogP contribution in [0, 0.1) is 5.82 Å². The molecular weight excluding hydrogens is 509 g/mol. The Bertz CT molecular complexity index is 1200. The van der Waals surface area contributed by atoms with Crippen molar-refractivity contribution in [2.24, 2.45) is 0 Å². The van der Waals surface area contributed by atoms with Gasteiger partial charge in [-0.15, -0.1) is 0 Å². The Balaban J connectivity index is 1.61. The SMILES string of the molecule is CC(C)(C)OC(=O)NCc1ccc(NC(=O)c2nc[nH]c2C(=O)Nc2cc(Br)ccc2F)cc1. The van der Waals surface area contributed by atoms with Crippen molar-refractivity contribution in [2.45, 2.75) is 32.9 Å². The van der Waals surface area contributed by atoms with Gasteiger partial charge in [0.15, 0.2) is 5.69 Å². The molecule has 9 nitrogen and oxygen atoms in total. The van der Waals surface area contributed by atoms with Gasteiger partial charge in [-0.25, -0.2) is 14.2 Å². The van der Waals surface area contributed by atoms with E-state index in [0.717, 1.165) is 5.56 Å². The third-order valence-corrected chi connectivity index (χ3v) is 4.80. The lowest BCUT2D eigenvalue weighted by atomic mass is 10.2. The third kappa shape index (κ3) is 6.88. The first kappa shape index (κ1) is 24.9. The first-order valence-electron chi connectivity index (χ1n) is 10.2. The Hall–Kier alpha value is -3.73. The van der Waals surface area contributed by atoms with E-state index >= 15 is 0 Å². The van der Waals surface area contributed by atoms with Crippen LogP contribution in [-0.4, -0.2) is 33.5 Å². The minimum absolute atomic E-state index is 0.0455. The maximum atomic E-state index is 14.0. The van der Waals surface area contributed by atoms with Crippen LogP contribution < -0.4 is 16.0 Å². The molecule has 0 aliphatic rings. The van der Waals surface area contributed by atoms with Crippen LogP contribution in [0.4, 0.5) is 20.6 Å². The summed E-state index contributed by atoms with van der Waals surface area (Å²) in [4.78, 5) is 43.5. The molecule has 0 spiro atoms. The maximum absolute atomic E-state index is 14.0. The Labute approximate surface area is 203 Å². The van der Waals surface area contributed by atoms with Crippen LogP contribution in [-0.2, 0) is 11.3 Å². The van der Waals surface area contributed by atoms with Gasteiger partial charge in [-0.1, -0.05) is 28.1 Å². The van der Waals surface area contributed by atoms with Gasteiger partial charge in [0.25, 0.3) is 11.8 Å². The fourth-order valence-corrected chi connectivity index (χ4v) is 3.16. The summed E-state index contributed by atoms with van der Waals surface area (Å²) in [5.74, 6) is -1.97. The van der Waals surface area contributed by atoms with E-state index in [0.29, 0.717) is 10.2 Å². The molecule has 0 bridgehead atoms. The zero-order valence-electron chi connectivity index (χ0n) is 18.7. The van der Waals surface area contributed by atoms with Crippen molar-refractivity contribution in [3.63, 3.8) is 0 Å². The highest BCUT2D eigenvalue weighted by Crippen LogP contribution is 2.21. The average molecular weight is 532 g/mol. The standard InChI is InChI=1S/C23H23BrFN5O4/c1-23(2,3)34-22(33)26-11-13-4-7-15(8-5-13)29-20(31)18-19(28-12-27-18)21(32)30-17-10-14(24)6-9-16(17)25/h4-10,12H,11H2,1-3H3,(H,26,33)(H,27,28)(H,29,31)(H,30,32). The van der Waals surface area contributed by atoms with Gasteiger partial charge in [0.05, 0.1) is 12.0 Å². The van der Waals surface area contributed by atoms with Crippen LogP contribution in [0.2, 0.25) is 0 Å². The summed E-state index contributed by atoms with van der Waals surface area (Å²) >= 11 is 3.21. The van der Waals surface area contributed by atoms with Gasteiger partial charge in [-0.3, -0.25) is 9.59 Å². The van der Waals surface area contributed by atoms with Gasteiger partial charge in [-0.2, -0.15) is 0 Å². The van der Waals surface area contributed by atoms with Crippen LogP contribution in [0.5, 0.6) is 0 Å². The van der Waals surface area contributed by atoms with Crippen molar-refractivity contribution >= 4 is 45.2 Å². The molecule has 3 amide bonds. The molecule has 0 saturated carbocycles. The van der Waals surface area contributed by atoms with E-state index in [2.05, 4.69) is 41.8 Å². The lowest BCUT2D eigenvalue weighted by Crippen LogP contribution is -2.32. The third-order valence-electron chi connectivity index (χ3n) is 4.31. The summed E-state index contributed by atoms with van der Waals surface area (Å²) in [7, 11) is 0. The summed E-state index contributed by atoms with van der Waals surface area (Å²) in [6, 6.07) is 10.8. The van der Waals surface area contributed by atoms with Gasteiger partial charge in [-0.05, 0) is 56.7 Å². The Kier molecular flexibility index (Phi) is 7.67. The molecule has 0 aliphatic heterocycles. The molecule has 1 heterocycles. The summed E-state index contributed by atoms with van der Waals surface area (Å²) in [6.07, 6.45) is 0.670. The molecule has 4 N–H and O–H groups in total. The number of rotatable bonds is 6. The molecule has 178 valence electrons. The highest BCUT2D eigenvalue weighted by molar-refractivity contribution is 9.10. The average Bonchev–Trinajstić information content (AvgIpc) is 3.25. The van der Waals surface area contributed by atoms with Gasteiger partial charge >= 0.3 is 6.09 Å². The zero-order chi connectivity index (χ0) is 24.9. The molecule has 2 aromatic carbocycles. The molecule has 0 fully saturated rings. The number of hydrogen-bond acceptors (Lipinski definition) is 5. The molecule has 0 unspecified atom stereocenters. The zero-order valence-corrected chi connectivity index (χ0v) is 20.2. The number of halogens is 2. The van der Waals surface area contributed by atoms with Gasteiger partial charge in [0, 0.05) is 16.7 Å². The van der Waals surface area contributed by atoms with E-state index in [1.807, 2.05) is 0 Å². The molecule has 0 radical (unpaired) electrons. The summed E-state index contributed by atoms with van der Waals surface area (Å²) in [5.41, 5.74) is 0.347. The predicted molar refractivity (Wildman–Crippen MR) is 128 cm³/mol. The van der Waals surface area contributed by atoms with Crippen LogP contribution in [0.3, 0.4) is 0 Å². The topological polar surface area (TPSA) is 125 Å². The molecule has 0 atom stereocenters. The van der Waals surface area contributed by atoms with Crippen molar-refractivity contribution in [3.8, 4) is 0 Å². The molecule has 0 aliphatic carbocycles. The number of hydrogen-bond donors (Lipinski definition) is 4. The van der Waals surface area contributed by atoms with Crippen molar-refractivity contribution < 1.29 is 23.5 Å². The van der Waals surface area contributed by atoms with E-state index in [-0.39, 0.29) is 23.6 Å². The normalized spacial score (nSPS) is 11.0. The number of aromatic nitrogens is 2. The van der Waals surface area contributed by atoms with E-state index in [4.69, 9.17) is 4.74 Å². The van der Waals surface area contributed by atoms with Crippen LogP contribution in [0.15, 0.2) is 53.3 Å². The van der Waals surface area contributed by atoms with Gasteiger partial charge < -0.3 is 25.7 Å². The second-order valence-corrected chi connectivity index (χ2v) is 9.13. The van der Waals surface area contributed by atoms with E-state index < -0.39 is 29.3 Å². The first-order chi connectivity index (χ1) is 16.0. The number of carbonyl (C=O) groups excluding carboxylic acids is 3. The number of amides is 3. The number of anilines is 2. The molecule has 3 rings (SSSR count). The maximum Gasteiger partial charge on any atom is 0.407 e. The minimum Gasteiger partial charge on any atom is -0.444 e. The molecule has 34 heavy (non-hydrogen) atoms.